The molecular weight excluding hydrogens is 406 g/mol. The Morgan fingerprint density at radius 2 is 1.81 bits per heavy atom. The first-order chi connectivity index (χ1) is 14.9. The molecule has 3 aromatic rings. The summed E-state index contributed by atoms with van der Waals surface area (Å²) < 4.78 is 34.0. The predicted octanol–water partition coefficient (Wildman–Crippen LogP) is 4.15. The molecule has 164 valence electrons. The number of cyclic esters (lactones) is 1. The minimum atomic E-state index is -1.54. The van der Waals surface area contributed by atoms with Crippen LogP contribution in [0.5, 0.6) is 0 Å². The van der Waals surface area contributed by atoms with Crippen LogP contribution >= 0.6 is 0 Å². The highest BCUT2D eigenvalue weighted by molar-refractivity contribution is 5.87. The zero-order valence-electron chi connectivity index (χ0n) is 18.0. The third-order valence-corrected chi connectivity index (χ3v) is 5.22. The maximum absolute atomic E-state index is 13.9. The second-order valence-electron chi connectivity index (χ2n) is 6.73. The number of hydrogen-bond donors (Lipinski definition) is 1. The Labute approximate surface area is 178 Å². The van der Waals surface area contributed by atoms with Gasteiger partial charge in [-0.05, 0) is 24.6 Å². The van der Waals surface area contributed by atoms with Crippen molar-refractivity contribution in [1.29, 1.82) is 0 Å². The fraction of sp³-hybridized carbons (Fsp3) is 0.348. The molecule has 0 spiro atoms. The molecule has 0 saturated carbocycles. The smallest absolute Gasteiger partial charge is 0.340 e. The Balaban J connectivity index is 0.000000645. The van der Waals surface area contributed by atoms with E-state index in [9.17, 15) is 23.5 Å². The monoisotopic (exact) mass is 430 g/mol. The number of halogens is 2. The summed E-state index contributed by atoms with van der Waals surface area (Å²) in [6.07, 6.45) is -1.54. The van der Waals surface area contributed by atoms with E-state index in [1.807, 2.05) is 27.7 Å². The van der Waals surface area contributed by atoms with Gasteiger partial charge in [-0.25, -0.2) is 18.6 Å². The lowest BCUT2D eigenvalue weighted by Crippen LogP contribution is -2.32. The lowest BCUT2D eigenvalue weighted by molar-refractivity contribution is -0.157. The van der Waals surface area contributed by atoms with E-state index in [-0.39, 0.29) is 40.9 Å². The largest absolute Gasteiger partial charge is 0.458 e. The van der Waals surface area contributed by atoms with Crippen LogP contribution in [0, 0.1) is 18.6 Å². The van der Waals surface area contributed by atoms with Gasteiger partial charge < -0.3 is 14.4 Å². The fourth-order valence-electron chi connectivity index (χ4n) is 3.77. The number of aliphatic hydroxyl groups excluding tert-OH is 1. The van der Waals surface area contributed by atoms with Crippen molar-refractivity contribution in [3.63, 3.8) is 0 Å². The zero-order chi connectivity index (χ0) is 23.0. The summed E-state index contributed by atoms with van der Waals surface area (Å²) in [5.41, 5.74) is 1.99. The predicted molar refractivity (Wildman–Crippen MR) is 113 cm³/mol. The van der Waals surface area contributed by atoms with Crippen LogP contribution < -0.4 is 5.56 Å². The molecule has 1 aromatic carbocycles. The van der Waals surface area contributed by atoms with Gasteiger partial charge in [-0.15, -0.1) is 0 Å². The first-order valence-electron chi connectivity index (χ1n) is 10.3. The number of aryl methyl sites for hydroxylation is 1. The van der Waals surface area contributed by atoms with Crippen molar-refractivity contribution in [2.75, 3.05) is 0 Å². The molecule has 1 N–H and O–H groups in total. The number of fused-ring (bicyclic) bond motifs is 5. The third-order valence-electron chi connectivity index (χ3n) is 5.22. The molecule has 0 radical (unpaired) electrons. The molecule has 4 heterocycles. The quantitative estimate of drug-likeness (QED) is 0.424. The summed E-state index contributed by atoms with van der Waals surface area (Å²) in [6.45, 7) is 9.48. The molecule has 2 aliphatic rings. The first-order valence-corrected chi connectivity index (χ1v) is 10.3. The SMILES string of the molecule is CC.CC.Cc1c(F)c(F)cc2nc3c(cc12)Cn1c-3cc2c(c1=O)COC(=O)C2O. The fourth-order valence-corrected chi connectivity index (χ4v) is 3.77. The topological polar surface area (TPSA) is 81.4 Å². The summed E-state index contributed by atoms with van der Waals surface area (Å²) in [4.78, 5) is 28.9. The van der Waals surface area contributed by atoms with Crippen LogP contribution in [0.2, 0.25) is 0 Å². The van der Waals surface area contributed by atoms with Crippen LogP contribution in [0.3, 0.4) is 0 Å². The standard InChI is InChI=1S/C19H12F2N2O4.2C2H6/c1-7-9-2-8-5-23-14(16(8)22-13(9)4-12(20)15(7)21)3-10-11(18(23)25)6-27-19(26)17(10)24;2*1-2/h2-4,17,24H,5-6H2,1H3;2*1-2H3. The van der Waals surface area contributed by atoms with Gasteiger partial charge in [0.05, 0.1) is 29.0 Å². The highest BCUT2D eigenvalue weighted by atomic mass is 19.2. The Morgan fingerprint density at radius 3 is 2.48 bits per heavy atom. The van der Waals surface area contributed by atoms with Gasteiger partial charge in [0.2, 0.25) is 0 Å². The molecule has 6 nitrogen and oxygen atoms in total. The van der Waals surface area contributed by atoms with Crippen molar-refractivity contribution in [1.82, 2.24) is 9.55 Å². The van der Waals surface area contributed by atoms with Crippen LogP contribution in [0.4, 0.5) is 8.78 Å². The van der Waals surface area contributed by atoms with E-state index in [1.165, 1.54) is 11.5 Å². The van der Waals surface area contributed by atoms with Gasteiger partial charge in [0, 0.05) is 22.6 Å². The molecule has 0 saturated heterocycles. The molecule has 2 aliphatic heterocycles. The molecular formula is C23H24F2N2O4. The van der Waals surface area contributed by atoms with Crippen molar-refractivity contribution in [3.05, 3.63) is 62.4 Å². The lowest BCUT2D eigenvalue weighted by Gasteiger charge is -2.21. The number of aromatic nitrogens is 2. The van der Waals surface area contributed by atoms with Crippen molar-refractivity contribution in [2.24, 2.45) is 0 Å². The number of esters is 1. The van der Waals surface area contributed by atoms with E-state index in [1.54, 1.807) is 12.1 Å². The van der Waals surface area contributed by atoms with Gasteiger partial charge in [0.25, 0.3) is 5.56 Å². The number of ether oxygens (including phenoxy) is 1. The lowest BCUT2D eigenvalue weighted by atomic mass is 10.00. The molecule has 0 fully saturated rings. The summed E-state index contributed by atoms with van der Waals surface area (Å²) in [5.74, 6) is -2.73. The number of carbonyl (C=O) groups excluding carboxylic acids is 1. The van der Waals surface area contributed by atoms with Gasteiger partial charge in [0.1, 0.15) is 6.61 Å². The molecule has 1 unspecified atom stereocenters. The van der Waals surface area contributed by atoms with E-state index < -0.39 is 23.7 Å². The number of benzene rings is 1. The highest BCUT2D eigenvalue weighted by Gasteiger charge is 2.33. The summed E-state index contributed by atoms with van der Waals surface area (Å²) >= 11 is 0. The van der Waals surface area contributed by atoms with Crippen molar-refractivity contribution in [2.45, 2.75) is 53.9 Å². The van der Waals surface area contributed by atoms with Crippen molar-refractivity contribution in [3.8, 4) is 11.4 Å². The number of carbonyl (C=O) groups is 1. The van der Waals surface area contributed by atoms with E-state index in [2.05, 4.69) is 4.98 Å². The maximum atomic E-state index is 13.9. The zero-order valence-corrected chi connectivity index (χ0v) is 18.0. The third kappa shape index (κ3) is 3.40. The minimum Gasteiger partial charge on any atom is -0.458 e. The van der Waals surface area contributed by atoms with Crippen molar-refractivity contribution < 1.29 is 23.4 Å². The van der Waals surface area contributed by atoms with Gasteiger partial charge in [-0.3, -0.25) is 4.79 Å². The Hall–Kier alpha value is -3.13. The minimum absolute atomic E-state index is 0.150. The molecule has 1 atom stereocenters. The molecule has 8 heteroatoms. The second-order valence-corrected chi connectivity index (χ2v) is 6.73. The van der Waals surface area contributed by atoms with Crippen LogP contribution in [-0.4, -0.2) is 20.6 Å². The Kier molecular flexibility index (Phi) is 6.22. The van der Waals surface area contributed by atoms with Gasteiger partial charge in [0.15, 0.2) is 17.7 Å². The maximum Gasteiger partial charge on any atom is 0.340 e. The van der Waals surface area contributed by atoms with Crippen LogP contribution in [0.15, 0.2) is 23.0 Å². The average Bonchev–Trinajstić information content (AvgIpc) is 3.15. The summed E-state index contributed by atoms with van der Waals surface area (Å²) in [7, 11) is 0. The Bertz CT molecular complexity index is 1250. The van der Waals surface area contributed by atoms with Crippen LogP contribution in [0.1, 0.15) is 56.1 Å². The average molecular weight is 430 g/mol. The summed E-state index contributed by atoms with van der Waals surface area (Å²) in [5, 5.41) is 10.5. The highest BCUT2D eigenvalue weighted by Crippen LogP contribution is 2.36. The first kappa shape index (κ1) is 22.6. The van der Waals surface area contributed by atoms with Crippen LogP contribution in [-0.2, 0) is 22.7 Å². The van der Waals surface area contributed by atoms with E-state index >= 15 is 0 Å². The van der Waals surface area contributed by atoms with Crippen LogP contribution in [0.25, 0.3) is 22.3 Å². The van der Waals surface area contributed by atoms with E-state index in [0.29, 0.717) is 22.3 Å². The van der Waals surface area contributed by atoms with Gasteiger partial charge >= 0.3 is 5.97 Å². The van der Waals surface area contributed by atoms with Gasteiger partial charge in [-0.2, -0.15) is 0 Å². The van der Waals surface area contributed by atoms with Crippen molar-refractivity contribution >= 4 is 16.9 Å². The number of rotatable bonds is 0. The molecule has 0 aliphatic carbocycles. The second kappa shape index (κ2) is 8.55. The number of hydrogen-bond acceptors (Lipinski definition) is 5. The number of aliphatic hydroxyl groups is 1. The molecule has 0 amide bonds. The summed E-state index contributed by atoms with van der Waals surface area (Å²) in [6, 6.07) is 4.25. The molecule has 31 heavy (non-hydrogen) atoms. The van der Waals surface area contributed by atoms with E-state index in [0.717, 1.165) is 6.07 Å². The molecule has 0 bridgehead atoms. The number of nitrogens with zero attached hydrogens (tertiary/aromatic N) is 2. The molecule has 2 aromatic heterocycles. The molecule has 5 rings (SSSR count). The van der Waals surface area contributed by atoms with Gasteiger partial charge in [-0.1, -0.05) is 27.7 Å². The number of pyridine rings is 2. The normalized spacial score (nSPS) is 15.6. The van der Waals surface area contributed by atoms with E-state index in [4.69, 9.17) is 4.74 Å². The Morgan fingerprint density at radius 1 is 1.13 bits per heavy atom.